The number of hydrogen-bond donors (Lipinski definition) is 0. The van der Waals surface area contributed by atoms with Crippen LogP contribution < -0.4 is 4.90 Å². The first kappa shape index (κ1) is 21.8. The van der Waals surface area contributed by atoms with Crippen LogP contribution in [0.3, 0.4) is 0 Å². The van der Waals surface area contributed by atoms with Gasteiger partial charge in [0.15, 0.2) is 5.13 Å². The molecule has 29 heavy (non-hydrogen) atoms. The van der Waals surface area contributed by atoms with Crippen LogP contribution in [0.5, 0.6) is 0 Å². The first-order valence-electron chi connectivity index (χ1n) is 10.2. The lowest BCUT2D eigenvalue weighted by Gasteiger charge is -2.25. The van der Waals surface area contributed by atoms with Gasteiger partial charge in [-0.1, -0.05) is 50.3 Å². The Bertz CT molecular complexity index is 966. The normalized spacial score (nSPS) is 11.3. The van der Waals surface area contributed by atoms with E-state index in [9.17, 15) is 4.79 Å². The molecule has 0 saturated carbocycles. The molecule has 4 nitrogen and oxygen atoms in total. The van der Waals surface area contributed by atoms with Crippen molar-refractivity contribution in [2.24, 2.45) is 0 Å². The summed E-state index contributed by atoms with van der Waals surface area (Å²) in [7, 11) is 0. The average Bonchev–Trinajstić information content (AvgIpc) is 3.17. The van der Waals surface area contributed by atoms with E-state index >= 15 is 0 Å². The highest BCUT2D eigenvalue weighted by Crippen LogP contribution is 2.31. The zero-order valence-corrected chi connectivity index (χ0v) is 19.3. The molecule has 3 aromatic rings. The zero-order valence-electron chi connectivity index (χ0n) is 17.6. The number of anilines is 1. The van der Waals surface area contributed by atoms with Gasteiger partial charge < -0.3 is 4.90 Å². The number of aryl methyl sites for hydroxylation is 1. The number of amides is 1. The van der Waals surface area contributed by atoms with Crippen LogP contribution in [0.2, 0.25) is 0 Å². The number of likely N-dealkylation sites (N-methyl/N-ethyl adjacent to an activating group) is 1. The van der Waals surface area contributed by atoms with Crippen molar-refractivity contribution >= 4 is 44.4 Å². The summed E-state index contributed by atoms with van der Waals surface area (Å²) in [6.45, 7) is 11.9. The minimum atomic E-state index is 0.0208. The Kier molecular flexibility index (Phi) is 7.70. The zero-order chi connectivity index (χ0) is 20.8. The van der Waals surface area contributed by atoms with Crippen molar-refractivity contribution in [3.8, 4) is 0 Å². The van der Waals surface area contributed by atoms with Gasteiger partial charge in [0.25, 0.3) is 5.91 Å². The van der Waals surface area contributed by atoms with E-state index in [0.29, 0.717) is 6.54 Å². The molecule has 1 amide bonds. The molecule has 0 aliphatic rings. The van der Waals surface area contributed by atoms with Gasteiger partial charge in [0, 0.05) is 23.5 Å². The topological polar surface area (TPSA) is 36.4 Å². The van der Waals surface area contributed by atoms with E-state index in [0.717, 1.165) is 56.8 Å². The summed E-state index contributed by atoms with van der Waals surface area (Å²) in [4.78, 5) is 23.7. The lowest BCUT2D eigenvalue weighted by atomic mass is 10.2. The lowest BCUT2D eigenvalue weighted by molar-refractivity contribution is 0.0983. The van der Waals surface area contributed by atoms with Gasteiger partial charge in [-0.2, -0.15) is 0 Å². The van der Waals surface area contributed by atoms with Crippen LogP contribution in [0.4, 0.5) is 5.13 Å². The fraction of sp³-hybridized carbons (Fsp3) is 0.391. The van der Waals surface area contributed by atoms with E-state index in [1.54, 1.807) is 23.1 Å². The van der Waals surface area contributed by atoms with Crippen molar-refractivity contribution in [3.05, 3.63) is 53.6 Å². The van der Waals surface area contributed by atoms with Crippen molar-refractivity contribution in [1.82, 2.24) is 9.88 Å². The molecular formula is C23H29N3OS2. The number of nitrogens with zero attached hydrogens (tertiary/aromatic N) is 3. The number of rotatable bonds is 9. The highest BCUT2D eigenvalue weighted by atomic mass is 32.2. The third kappa shape index (κ3) is 5.18. The molecule has 0 spiro atoms. The molecule has 6 heteroatoms. The second-order valence-electron chi connectivity index (χ2n) is 6.86. The maximum absolute atomic E-state index is 13.5. The van der Waals surface area contributed by atoms with Crippen LogP contribution >= 0.6 is 23.1 Å². The number of benzene rings is 2. The third-order valence-corrected chi connectivity index (χ3v) is 6.93. The summed E-state index contributed by atoms with van der Waals surface area (Å²) in [6.07, 6.45) is 0. The number of aromatic nitrogens is 1. The Morgan fingerprint density at radius 1 is 1.07 bits per heavy atom. The monoisotopic (exact) mass is 427 g/mol. The van der Waals surface area contributed by atoms with Gasteiger partial charge in [-0.25, -0.2) is 4.98 Å². The largest absolute Gasteiger partial charge is 0.302 e. The van der Waals surface area contributed by atoms with Crippen LogP contribution in [0.1, 0.15) is 36.7 Å². The van der Waals surface area contributed by atoms with E-state index < -0.39 is 0 Å². The van der Waals surface area contributed by atoms with Crippen molar-refractivity contribution in [2.45, 2.75) is 32.6 Å². The van der Waals surface area contributed by atoms with Crippen LogP contribution in [0.25, 0.3) is 10.2 Å². The summed E-state index contributed by atoms with van der Waals surface area (Å²) in [5.74, 6) is 1.01. The number of carbonyl (C=O) groups is 1. The molecule has 0 fully saturated rings. The molecule has 0 aliphatic heterocycles. The summed E-state index contributed by atoms with van der Waals surface area (Å²) >= 11 is 3.35. The number of hydrogen-bond acceptors (Lipinski definition) is 5. The molecule has 0 atom stereocenters. The highest BCUT2D eigenvalue weighted by Gasteiger charge is 2.22. The van der Waals surface area contributed by atoms with E-state index in [4.69, 9.17) is 4.98 Å². The number of thiazole rings is 1. The summed E-state index contributed by atoms with van der Waals surface area (Å²) in [5, 5.41) is 0.778. The molecule has 1 heterocycles. The Morgan fingerprint density at radius 2 is 1.83 bits per heavy atom. The van der Waals surface area contributed by atoms with Gasteiger partial charge in [-0.3, -0.25) is 9.69 Å². The summed E-state index contributed by atoms with van der Waals surface area (Å²) in [6, 6.07) is 14.1. The maximum Gasteiger partial charge on any atom is 0.260 e. The Labute approximate surface area is 181 Å². The van der Waals surface area contributed by atoms with Gasteiger partial charge in [0.2, 0.25) is 0 Å². The maximum atomic E-state index is 13.5. The Balaban J connectivity index is 1.96. The van der Waals surface area contributed by atoms with Gasteiger partial charge in [0.05, 0.1) is 10.2 Å². The van der Waals surface area contributed by atoms with Crippen molar-refractivity contribution in [2.75, 3.05) is 36.8 Å². The SMILES string of the molecule is CCSc1cccc(C(=O)N(CCN(CC)CC)c2nc3c(C)cccc3s2)c1. The van der Waals surface area contributed by atoms with Gasteiger partial charge in [-0.15, -0.1) is 11.8 Å². The second kappa shape index (κ2) is 10.2. The molecule has 0 radical (unpaired) electrons. The van der Waals surface area contributed by atoms with Crippen LogP contribution in [0.15, 0.2) is 47.4 Å². The lowest BCUT2D eigenvalue weighted by Crippen LogP contribution is -2.38. The number of carbonyl (C=O) groups excluding carboxylic acids is 1. The molecule has 154 valence electrons. The predicted octanol–water partition coefficient (Wildman–Crippen LogP) is 5.71. The van der Waals surface area contributed by atoms with E-state index in [2.05, 4.69) is 50.8 Å². The molecule has 2 aromatic carbocycles. The Hall–Kier alpha value is -1.89. The number of thioether (sulfide) groups is 1. The molecule has 1 aromatic heterocycles. The van der Waals surface area contributed by atoms with Gasteiger partial charge in [0.1, 0.15) is 0 Å². The highest BCUT2D eigenvalue weighted by molar-refractivity contribution is 7.99. The quantitative estimate of drug-likeness (QED) is 0.410. The van der Waals surface area contributed by atoms with Crippen LogP contribution in [-0.2, 0) is 0 Å². The van der Waals surface area contributed by atoms with Crippen LogP contribution in [-0.4, -0.2) is 47.7 Å². The summed E-state index contributed by atoms with van der Waals surface area (Å²) < 4.78 is 1.12. The molecule has 0 saturated heterocycles. The smallest absolute Gasteiger partial charge is 0.260 e. The molecule has 0 aliphatic carbocycles. The third-order valence-electron chi connectivity index (χ3n) is 5.01. The standard InChI is InChI=1S/C23H29N3OS2/c1-5-25(6-2)14-15-26(22(27)18-11-9-12-19(16-18)28-7-3)23-24-21-17(4)10-8-13-20(21)29-23/h8-13,16H,5-7,14-15H2,1-4H3. The second-order valence-corrected chi connectivity index (χ2v) is 9.21. The first-order chi connectivity index (χ1) is 14.1. The molecule has 3 rings (SSSR count). The predicted molar refractivity (Wildman–Crippen MR) is 127 cm³/mol. The first-order valence-corrected chi connectivity index (χ1v) is 12.0. The molecule has 0 N–H and O–H groups in total. The van der Waals surface area contributed by atoms with Crippen LogP contribution in [0, 0.1) is 6.92 Å². The summed E-state index contributed by atoms with van der Waals surface area (Å²) in [5.41, 5.74) is 2.85. The fourth-order valence-corrected chi connectivity index (χ4v) is 5.08. The average molecular weight is 428 g/mol. The van der Waals surface area contributed by atoms with Gasteiger partial charge >= 0.3 is 0 Å². The van der Waals surface area contributed by atoms with Gasteiger partial charge in [-0.05, 0) is 55.6 Å². The van der Waals surface area contributed by atoms with E-state index in [-0.39, 0.29) is 5.91 Å². The van der Waals surface area contributed by atoms with Crippen molar-refractivity contribution in [1.29, 1.82) is 0 Å². The minimum absolute atomic E-state index is 0.0208. The van der Waals surface area contributed by atoms with Crippen molar-refractivity contribution < 1.29 is 4.79 Å². The molecular weight excluding hydrogens is 398 g/mol. The Morgan fingerprint density at radius 3 is 2.52 bits per heavy atom. The molecule has 0 bridgehead atoms. The fourth-order valence-electron chi connectivity index (χ4n) is 3.30. The van der Waals surface area contributed by atoms with Crippen molar-refractivity contribution in [3.63, 3.8) is 0 Å². The number of fused-ring (bicyclic) bond motifs is 1. The molecule has 0 unspecified atom stereocenters. The minimum Gasteiger partial charge on any atom is -0.302 e. The number of para-hydroxylation sites is 1. The van der Waals surface area contributed by atoms with E-state index in [1.165, 1.54) is 0 Å². The van der Waals surface area contributed by atoms with E-state index in [1.807, 2.05) is 29.2 Å².